The van der Waals surface area contributed by atoms with Crippen molar-refractivity contribution in [3.8, 4) is 0 Å². The third-order valence-corrected chi connectivity index (χ3v) is 2.95. The summed E-state index contributed by atoms with van der Waals surface area (Å²) in [6.07, 6.45) is 5.27. The SMILES string of the molecule is CC(CN)C(=O)Nc1cnn(CC(=O)NC2CC2)c1. The highest BCUT2D eigenvalue weighted by Crippen LogP contribution is 2.18. The molecule has 7 nitrogen and oxygen atoms in total. The molecule has 1 fully saturated rings. The van der Waals surface area contributed by atoms with Gasteiger partial charge in [0.2, 0.25) is 11.8 Å². The van der Waals surface area contributed by atoms with Crippen LogP contribution >= 0.6 is 0 Å². The summed E-state index contributed by atoms with van der Waals surface area (Å²) >= 11 is 0. The van der Waals surface area contributed by atoms with Crippen LogP contribution in [0, 0.1) is 5.92 Å². The van der Waals surface area contributed by atoms with Gasteiger partial charge in [0, 0.05) is 24.7 Å². The van der Waals surface area contributed by atoms with Crippen molar-refractivity contribution < 1.29 is 9.59 Å². The van der Waals surface area contributed by atoms with Crippen LogP contribution < -0.4 is 16.4 Å². The number of amides is 2. The lowest BCUT2D eigenvalue weighted by Gasteiger charge is -2.07. The molecule has 0 saturated heterocycles. The fraction of sp³-hybridized carbons (Fsp3) is 0.583. The Labute approximate surface area is 111 Å². The quantitative estimate of drug-likeness (QED) is 0.657. The molecule has 4 N–H and O–H groups in total. The topological polar surface area (TPSA) is 102 Å². The molecule has 1 atom stereocenters. The van der Waals surface area contributed by atoms with E-state index in [-0.39, 0.29) is 24.3 Å². The van der Waals surface area contributed by atoms with Gasteiger partial charge in [-0.15, -0.1) is 0 Å². The number of carbonyl (C=O) groups excluding carboxylic acids is 2. The zero-order valence-electron chi connectivity index (χ0n) is 10.9. The van der Waals surface area contributed by atoms with Crippen molar-refractivity contribution in [3.63, 3.8) is 0 Å². The van der Waals surface area contributed by atoms with Crippen molar-refractivity contribution in [3.05, 3.63) is 12.4 Å². The van der Waals surface area contributed by atoms with E-state index in [4.69, 9.17) is 5.73 Å². The Hall–Kier alpha value is -1.89. The molecule has 0 radical (unpaired) electrons. The highest BCUT2D eigenvalue weighted by molar-refractivity contribution is 5.92. The van der Waals surface area contributed by atoms with Gasteiger partial charge in [-0.3, -0.25) is 14.3 Å². The largest absolute Gasteiger partial charge is 0.352 e. The Kier molecular flexibility index (Phi) is 4.16. The summed E-state index contributed by atoms with van der Waals surface area (Å²) in [4.78, 5) is 23.2. The van der Waals surface area contributed by atoms with Gasteiger partial charge in [0.15, 0.2) is 0 Å². The first-order chi connectivity index (χ1) is 9.08. The van der Waals surface area contributed by atoms with Gasteiger partial charge in [0.05, 0.1) is 11.9 Å². The van der Waals surface area contributed by atoms with Gasteiger partial charge in [0.1, 0.15) is 6.54 Å². The third kappa shape index (κ3) is 4.06. The Morgan fingerprint density at radius 2 is 2.32 bits per heavy atom. The molecule has 1 unspecified atom stereocenters. The standard InChI is InChI=1S/C12H19N5O2/c1-8(4-13)12(19)16-10-5-14-17(6-10)7-11(18)15-9-2-3-9/h5-6,8-9H,2-4,7,13H2,1H3,(H,15,18)(H,16,19). The van der Waals surface area contributed by atoms with Gasteiger partial charge in [0.25, 0.3) is 0 Å². The highest BCUT2D eigenvalue weighted by atomic mass is 16.2. The number of hydrogen-bond acceptors (Lipinski definition) is 4. The summed E-state index contributed by atoms with van der Waals surface area (Å²) < 4.78 is 1.50. The predicted molar refractivity (Wildman–Crippen MR) is 70.2 cm³/mol. The maximum atomic E-state index is 11.6. The molecule has 1 aromatic heterocycles. The van der Waals surface area contributed by atoms with Crippen LogP contribution in [0.5, 0.6) is 0 Å². The second-order valence-electron chi connectivity index (χ2n) is 4.89. The highest BCUT2D eigenvalue weighted by Gasteiger charge is 2.23. The average Bonchev–Trinajstić information content (AvgIpc) is 3.08. The maximum Gasteiger partial charge on any atom is 0.241 e. The molecule has 1 heterocycles. The van der Waals surface area contributed by atoms with E-state index in [2.05, 4.69) is 15.7 Å². The van der Waals surface area contributed by atoms with Gasteiger partial charge in [-0.1, -0.05) is 6.92 Å². The van der Waals surface area contributed by atoms with Crippen LogP contribution in [0.4, 0.5) is 5.69 Å². The van der Waals surface area contributed by atoms with E-state index in [1.807, 2.05) is 0 Å². The number of carbonyl (C=O) groups is 2. The summed E-state index contributed by atoms with van der Waals surface area (Å²) in [6.45, 7) is 2.21. The number of anilines is 1. The third-order valence-electron chi connectivity index (χ3n) is 2.95. The summed E-state index contributed by atoms with van der Waals surface area (Å²) in [5.74, 6) is -0.454. The van der Waals surface area contributed by atoms with Gasteiger partial charge >= 0.3 is 0 Å². The van der Waals surface area contributed by atoms with Crippen molar-refractivity contribution in [1.82, 2.24) is 15.1 Å². The van der Waals surface area contributed by atoms with Crippen LogP contribution in [0.15, 0.2) is 12.4 Å². The second kappa shape index (κ2) is 5.83. The fourth-order valence-electron chi connectivity index (χ4n) is 1.54. The number of hydrogen-bond donors (Lipinski definition) is 3. The molecule has 0 spiro atoms. The van der Waals surface area contributed by atoms with Crippen molar-refractivity contribution in [2.45, 2.75) is 32.4 Å². The van der Waals surface area contributed by atoms with Crippen LogP contribution in [-0.4, -0.2) is 34.2 Å². The zero-order valence-corrected chi connectivity index (χ0v) is 10.9. The minimum Gasteiger partial charge on any atom is -0.352 e. The van der Waals surface area contributed by atoms with Crippen LogP contribution in [0.25, 0.3) is 0 Å². The fourth-order valence-corrected chi connectivity index (χ4v) is 1.54. The Morgan fingerprint density at radius 1 is 1.58 bits per heavy atom. The van der Waals surface area contributed by atoms with Crippen molar-refractivity contribution in [2.75, 3.05) is 11.9 Å². The normalized spacial score (nSPS) is 15.9. The molecule has 1 aliphatic rings. The lowest BCUT2D eigenvalue weighted by atomic mass is 10.2. The van der Waals surface area contributed by atoms with Crippen LogP contribution in [0.2, 0.25) is 0 Å². The first kappa shape index (κ1) is 13.5. The zero-order chi connectivity index (χ0) is 13.8. The van der Waals surface area contributed by atoms with E-state index >= 15 is 0 Å². The molecule has 2 rings (SSSR count). The molecule has 2 amide bonds. The monoisotopic (exact) mass is 265 g/mol. The lowest BCUT2D eigenvalue weighted by molar-refractivity contribution is -0.122. The van der Waals surface area contributed by atoms with E-state index in [0.29, 0.717) is 18.3 Å². The second-order valence-corrected chi connectivity index (χ2v) is 4.89. The van der Waals surface area contributed by atoms with Crippen molar-refractivity contribution in [1.29, 1.82) is 0 Å². The first-order valence-corrected chi connectivity index (χ1v) is 6.41. The molecular weight excluding hydrogens is 246 g/mol. The molecule has 1 aromatic rings. The summed E-state index contributed by atoms with van der Waals surface area (Å²) in [5, 5.41) is 9.61. The molecule has 1 aliphatic carbocycles. The van der Waals surface area contributed by atoms with E-state index < -0.39 is 0 Å². The molecule has 0 aliphatic heterocycles. The Balaban J connectivity index is 1.84. The van der Waals surface area contributed by atoms with Crippen LogP contribution in [0.3, 0.4) is 0 Å². The molecule has 7 heteroatoms. The number of aromatic nitrogens is 2. The summed E-state index contributed by atoms with van der Waals surface area (Å²) in [6, 6.07) is 0.340. The van der Waals surface area contributed by atoms with Crippen molar-refractivity contribution >= 4 is 17.5 Å². The minimum atomic E-state index is -0.249. The molecule has 19 heavy (non-hydrogen) atoms. The number of nitrogens with two attached hydrogens (primary N) is 1. The molecule has 104 valence electrons. The van der Waals surface area contributed by atoms with Crippen LogP contribution in [0.1, 0.15) is 19.8 Å². The summed E-state index contributed by atoms with van der Waals surface area (Å²) in [7, 11) is 0. The van der Waals surface area contributed by atoms with E-state index in [1.54, 1.807) is 13.1 Å². The number of nitrogens with one attached hydrogen (secondary N) is 2. The number of rotatable bonds is 6. The first-order valence-electron chi connectivity index (χ1n) is 6.41. The Morgan fingerprint density at radius 3 is 2.95 bits per heavy atom. The van der Waals surface area contributed by atoms with E-state index in [1.165, 1.54) is 10.9 Å². The molecule has 0 aromatic carbocycles. The summed E-state index contributed by atoms with van der Waals surface area (Å²) in [5.41, 5.74) is 5.99. The minimum absolute atomic E-state index is 0.0567. The Bertz CT molecular complexity index is 466. The van der Waals surface area contributed by atoms with Crippen LogP contribution in [-0.2, 0) is 16.1 Å². The van der Waals surface area contributed by atoms with E-state index in [9.17, 15) is 9.59 Å². The molecular formula is C12H19N5O2. The lowest BCUT2D eigenvalue weighted by Crippen LogP contribution is -2.29. The van der Waals surface area contributed by atoms with Gasteiger partial charge in [-0.25, -0.2) is 0 Å². The van der Waals surface area contributed by atoms with Gasteiger partial charge in [-0.2, -0.15) is 5.10 Å². The van der Waals surface area contributed by atoms with Gasteiger partial charge in [-0.05, 0) is 12.8 Å². The van der Waals surface area contributed by atoms with Gasteiger partial charge < -0.3 is 16.4 Å². The average molecular weight is 265 g/mol. The number of nitrogens with zero attached hydrogens (tertiary/aromatic N) is 2. The van der Waals surface area contributed by atoms with Crippen molar-refractivity contribution in [2.24, 2.45) is 11.7 Å². The predicted octanol–water partition coefficient (Wildman–Crippen LogP) is -0.305. The smallest absolute Gasteiger partial charge is 0.241 e. The van der Waals surface area contributed by atoms with E-state index in [0.717, 1.165) is 12.8 Å². The molecule has 1 saturated carbocycles. The molecule has 0 bridgehead atoms. The maximum absolute atomic E-state index is 11.6.